The van der Waals surface area contributed by atoms with E-state index < -0.39 is 5.97 Å². The summed E-state index contributed by atoms with van der Waals surface area (Å²) in [5.41, 5.74) is 0.989. The third-order valence-electron chi connectivity index (χ3n) is 2.51. The highest BCUT2D eigenvalue weighted by Gasteiger charge is 2.22. The topological polar surface area (TPSA) is 95.1 Å². The molecule has 1 N–H and O–H groups in total. The molecule has 0 unspecified atom stereocenters. The molecular formula is C10H13N5O3. The maximum Gasteiger partial charge on any atom is 0.358 e. The maximum absolute atomic E-state index is 11.1. The van der Waals surface area contributed by atoms with Crippen molar-refractivity contribution < 1.29 is 14.6 Å². The van der Waals surface area contributed by atoms with Crippen molar-refractivity contribution in [2.24, 2.45) is 7.05 Å². The van der Waals surface area contributed by atoms with Crippen molar-refractivity contribution in [1.29, 1.82) is 0 Å². The number of rotatable bonds is 5. The highest BCUT2D eigenvalue weighted by molar-refractivity contribution is 5.92. The van der Waals surface area contributed by atoms with Gasteiger partial charge in [0.15, 0.2) is 5.69 Å². The Kier molecular flexibility index (Phi) is 3.38. The summed E-state index contributed by atoms with van der Waals surface area (Å²) < 4.78 is 8.04. The van der Waals surface area contributed by atoms with Crippen molar-refractivity contribution in [3.8, 4) is 11.4 Å². The summed E-state index contributed by atoms with van der Waals surface area (Å²) in [6.45, 7) is 0.852. The second-order valence-corrected chi connectivity index (χ2v) is 3.65. The SMILES string of the molecule is COCCn1nnc(C(=O)O)c1-c1ccnn1C. The summed E-state index contributed by atoms with van der Waals surface area (Å²) in [7, 11) is 3.30. The van der Waals surface area contributed by atoms with Crippen LogP contribution in [0.2, 0.25) is 0 Å². The van der Waals surface area contributed by atoms with Crippen molar-refractivity contribution in [2.45, 2.75) is 6.54 Å². The van der Waals surface area contributed by atoms with Crippen LogP contribution in [0.1, 0.15) is 10.5 Å². The number of carboxylic acid groups (broad SMARTS) is 1. The lowest BCUT2D eigenvalue weighted by atomic mass is 10.2. The van der Waals surface area contributed by atoms with Crippen LogP contribution in [0.25, 0.3) is 11.4 Å². The lowest BCUT2D eigenvalue weighted by molar-refractivity contribution is 0.0691. The van der Waals surface area contributed by atoms with Crippen molar-refractivity contribution in [2.75, 3.05) is 13.7 Å². The van der Waals surface area contributed by atoms with E-state index in [0.29, 0.717) is 24.5 Å². The lowest BCUT2D eigenvalue weighted by Crippen LogP contribution is -2.10. The quantitative estimate of drug-likeness (QED) is 0.805. The monoisotopic (exact) mass is 251 g/mol. The molecule has 0 fully saturated rings. The first kappa shape index (κ1) is 12.2. The van der Waals surface area contributed by atoms with E-state index >= 15 is 0 Å². The van der Waals surface area contributed by atoms with Gasteiger partial charge in [0.05, 0.1) is 18.8 Å². The Hall–Kier alpha value is -2.22. The summed E-state index contributed by atoms with van der Waals surface area (Å²) in [5.74, 6) is -1.12. The van der Waals surface area contributed by atoms with Gasteiger partial charge in [0.1, 0.15) is 5.69 Å². The van der Waals surface area contributed by atoms with Gasteiger partial charge in [0, 0.05) is 20.4 Å². The molecule has 8 heteroatoms. The first-order chi connectivity index (χ1) is 8.65. The van der Waals surface area contributed by atoms with Gasteiger partial charge in [-0.15, -0.1) is 5.10 Å². The largest absolute Gasteiger partial charge is 0.476 e. The molecule has 2 aromatic rings. The average Bonchev–Trinajstić information content (AvgIpc) is 2.91. The zero-order valence-corrected chi connectivity index (χ0v) is 10.1. The van der Waals surface area contributed by atoms with Gasteiger partial charge in [-0.05, 0) is 6.07 Å². The molecule has 0 saturated heterocycles. The molecule has 0 radical (unpaired) electrons. The Bertz CT molecular complexity index is 560. The van der Waals surface area contributed by atoms with Crippen LogP contribution in [-0.4, -0.2) is 49.6 Å². The van der Waals surface area contributed by atoms with Crippen molar-refractivity contribution in [3.05, 3.63) is 18.0 Å². The van der Waals surface area contributed by atoms with Crippen LogP contribution in [0, 0.1) is 0 Å². The molecule has 0 spiro atoms. The Labute approximate surface area is 103 Å². The van der Waals surface area contributed by atoms with E-state index in [4.69, 9.17) is 9.84 Å². The van der Waals surface area contributed by atoms with Crippen molar-refractivity contribution >= 4 is 5.97 Å². The second-order valence-electron chi connectivity index (χ2n) is 3.65. The molecular weight excluding hydrogens is 238 g/mol. The van der Waals surface area contributed by atoms with E-state index in [0.717, 1.165) is 0 Å². The lowest BCUT2D eigenvalue weighted by Gasteiger charge is -2.06. The number of ether oxygens (including phenoxy) is 1. The van der Waals surface area contributed by atoms with Crippen LogP contribution in [0.15, 0.2) is 12.3 Å². The molecule has 96 valence electrons. The number of nitrogens with zero attached hydrogens (tertiary/aromatic N) is 5. The minimum Gasteiger partial charge on any atom is -0.476 e. The van der Waals surface area contributed by atoms with Crippen LogP contribution in [-0.2, 0) is 18.3 Å². The normalized spacial score (nSPS) is 10.8. The number of carbonyl (C=O) groups is 1. The Morgan fingerprint density at radius 1 is 1.56 bits per heavy atom. The summed E-state index contributed by atoms with van der Waals surface area (Å²) in [6, 6.07) is 1.72. The molecule has 0 bridgehead atoms. The van der Waals surface area contributed by atoms with Gasteiger partial charge in [0.2, 0.25) is 0 Å². The number of aryl methyl sites for hydroxylation is 1. The van der Waals surface area contributed by atoms with E-state index in [-0.39, 0.29) is 5.69 Å². The van der Waals surface area contributed by atoms with E-state index in [9.17, 15) is 4.79 Å². The van der Waals surface area contributed by atoms with Gasteiger partial charge >= 0.3 is 5.97 Å². The fraction of sp³-hybridized carbons (Fsp3) is 0.400. The highest BCUT2D eigenvalue weighted by atomic mass is 16.5. The fourth-order valence-corrected chi connectivity index (χ4v) is 1.65. The maximum atomic E-state index is 11.1. The summed E-state index contributed by atoms with van der Waals surface area (Å²) in [6.07, 6.45) is 1.59. The zero-order valence-electron chi connectivity index (χ0n) is 10.1. The third-order valence-corrected chi connectivity index (χ3v) is 2.51. The number of methoxy groups -OCH3 is 1. The van der Waals surface area contributed by atoms with E-state index in [2.05, 4.69) is 15.4 Å². The van der Waals surface area contributed by atoms with Crippen molar-refractivity contribution in [1.82, 2.24) is 24.8 Å². The molecule has 0 aliphatic heterocycles. The number of hydrogen-bond acceptors (Lipinski definition) is 5. The van der Waals surface area contributed by atoms with Gasteiger partial charge in [-0.25, -0.2) is 9.48 Å². The third kappa shape index (κ3) is 2.09. The van der Waals surface area contributed by atoms with Crippen LogP contribution >= 0.6 is 0 Å². The minimum absolute atomic E-state index is 0.0882. The van der Waals surface area contributed by atoms with Gasteiger partial charge in [-0.2, -0.15) is 5.10 Å². The van der Waals surface area contributed by atoms with Crippen molar-refractivity contribution in [3.63, 3.8) is 0 Å². The van der Waals surface area contributed by atoms with Crippen LogP contribution in [0.4, 0.5) is 0 Å². The fourth-order valence-electron chi connectivity index (χ4n) is 1.65. The van der Waals surface area contributed by atoms with Gasteiger partial charge in [0.25, 0.3) is 0 Å². The number of aromatic carboxylic acids is 1. The standard InChI is InChI=1S/C10H13N5O3/c1-14-7(3-4-11-14)9-8(10(16)17)12-13-15(9)5-6-18-2/h3-4H,5-6H2,1-2H3,(H,16,17). The summed E-state index contributed by atoms with van der Waals surface area (Å²) >= 11 is 0. The van der Waals surface area contributed by atoms with E-state index in [1.165, 1.54) is 4.68 Å². The molecule has 2 heterocycles. The van der Waals surface area contributed by atoms with Gasteiger partial charge in [-0.1, -0.05) is 5.21 Å². The second kappa shape index (κ2) is 4.96. The van der Waals surface area contributed by atoms with E-state index in [1.807, 2.05) is 0 Å². The first-order valence-corrected chi connectivity index (χ1v) is 5.29. The molecule has 0 aliphatic carbocycles. The van der Waals surface area contributed by atoms with Gasteiger partial charge < -0.3 is 9.84 Å². The number of hydrogen-bond donors (Lipinski definition) is 1. The van der Waals surface area contributed by atoms with Crippen LogP contribution in [0.5, 0.6) is 0 Å². The summed E-state index contributed by atoms with van der Waals surface area (Å²) in [4.78, 5) is 11.1. The molecule has 2 aromatic heterocycles. The predicted octanol–water partition coefficient (Wildman–Crippen LogP) is 0.0232. The molecule has 0 amide bonds. The van der Waals surface area contributed by atoms with Gasteiger partial charge in [-0.3, -0.25) is 4.68 Å². The smallest absolute Gasteiger partial charge is 0.358 e. The Balaban J connectivity index is 2.50. The van der Waals surface area contributed by atoms with E-state index in [1.54, 1.807) is 31.1 Å². The molecule has 18 heavy (non-hydrogen) atoms. The molecule has 0 aliphatic rings. The Morgan fingerprint density at radius 3 is 2.89 bits per heavy atom. The molecule has 0 aromatic carbocycles. The predicted molar refractivity (Wildman–Crippen MR) is 61.1 cm³/mol. The van der Waals surface area contributed by atoms with Crippen LogP contribution in [0.3, 0.4) is 0 Å². The average molecular weight is 251 g/mol. The number of carboxylic acids is 1. The first-order valence-electron chi connectivity index (χ1n) is 5.29. The molecule has 8 nitrogen and oxygen atoms in total. The molecule has 0 atom stereocenters. The minimum atomic E-state index is -1.12. The highest BCUT2D eigenvalue weighted by Crippen LogP contribution is 2.21. The number of aromatic nitrogens is 5. The summed E-state index contributed by atoms with van der Waals surface area (Å²) in [5, 5.41) is 20.7. The van der Waals surface area contributed by atoms with Crippen LogP contribution < -0.4 is 0 Å². The Morgan fingerprint density at radius 2 is 2.33 bits per heavy atom. The molecule has 0 saturated carbocycles. The molecule has 2 rings (SSSR count). The zero-order chi connectivity index (χ0) is 13.1.